The van der Waals surface area contributed by atoms with E-state index < -0.39 is 0 Å². The van der Waals surface area contributed by atoms with Crippen LogP contribution >= 0.6 is 0 Å². The van der Waals surface area contributed by atoms with Crippen molar-refractivity contribution < 1.29 is 4.74 Å². The Labute approximate surface area is 79.7 Å². The van der Waals surface area contributed by atoms with Crippen molar-refractivity contribution in [1.29, 1.82) is 0 Å². The molecule has 2 N–H and O–H groups in total. The van der Waals surface area contributed by atoms with Crippen LogP contribution in [0.4, 0.5) is 0 Å². The van der Waals surface area contributed by atoms with Crippen LogP contribution in [0, 0.1) is 13.8 Å². The molecule has 0 atom stereocenters. The standard InChI is InChI=1S/C11H17NO/c1-9-5-3-6-11(10(9)2)13-8-4-7-12/h3,5-6H,4,7-8,12H2,1-2H3. The van der Waals surface area contributed by atoms with E-state index in [4.69, 9.17) is 10.5 Å². The van der Waals surface area contributed by atoms with E-state index in [-0.39, 0.29) is 0 Å². The molecule has 0 saturated heterocycles. The summed E-state index contributed by atoms with van der Waals surface area (Å²) in [6.45, 7) is 5.56. The van der Waals surface area contributed by atoms with Crippen LogP contribution in [0.2, 0.25) is 0 Å². The Balaban J connectivity index is 2.61. The Kier molecular flexibility index (Phi) is 3.77. The van der Waals surface area contributed by atoms with Crippen molar-refractivity contribution in [3.63, 3.8) is 0 Å². The molecule has 0 aromatic heterocycles. The van der Waals surface area contributed by atoms with Crippen LogP contribution in [0.1, 0.15) is 17.5 Å². The van der Waals surface area contributed by atoms with Gasteiger partial charge in [0.15, 0.2) is 0 Å². The summed E-state index contributed by atoms with van der Waals surface area (Å²) >= 11 is 0. The average molecular weight is 179 g/mol. The first-order valence-corrected chi connectivity index (χ1v) is 4.65. The van der Waals surface area contributed by atoms with Gasteiger partial charge >= 0.3 is 0 Å². The van der Waals surface area contributed by atoms with Crippen molar-refractivity contribution in [1.82, 2.24) is 0 Å². The number of nitrogens with two attached hydrogens (primary N) is 1. The fourth-order valence-electron chi connectivity index (χ4n) is 1.15. The Bertz CT molecular complexity index is 271. The largest absolute Gasteiger partial charge is 0.493 e. The van der Waals surface area contributed by atoms with Crippen molar-refractivity contribution in [2.45, 2.75) is 20.3 Å². The number of rotatable bonds is 4. The van der Waals surface area contributed by atoms with E-state index in [1.165, 1.54) is 11.1 Å². The molecule has 72 valence electrons. The maximum Gasteiger partial charge on any atom is 0.122 e. The van der Waals surface area contributed by atoms with Crippen LogP contribution in [0.15, 0.2) is 18.2 Å². The first-order valence-electron chi connectivity index (χ1n) is 4.65. The lowest BCUT2D eigenvalue weighted by atomic mass is 10.1. The molecule has 0 amide bonds. The second-order valence-corrected chi connectivity index (χ2v) is 3.19. The molecule has 0 fully saturated rings. The zero-order valence-electron chi connectivity index (χ0n) is 8.34. The summed E-state index contributed by atoms with van der Waals surface area (Å²) in [5.74, 6) is 0.980. The lowest BCUT2D eigenvalue weighted by Gasteiger charge is -2.09. The van der Waals surface area contributed by atoms with Crippen LogP contribution in [0.3, 0.4) is 0 Å². The fourth-order valence-corrected chi connectivity index (χ4v) is 1.15. The van der Waals surface area contributed by atoms with E-state index >= 15 is 0 Å². The van der Waals surface area contributed by atoms with Crippen LogP contribution in [0.25, 0.3) is 0 Å². The molecule has 1 aromatic rings. The van der Waals surface area contributed by atoms with E-state index in [1.54, 1.807) is 0 Å². The van der Waals surface area contributed by atoms with Gasteiger partial charge in [-0.3, -0.25) is 0 Å². The normalized spacial score (nSPS) is 10.1. The van der Waals surface area contributed by atoms with Crippen molar-refractivity contribution in [3.05, 3.63) is 29.3 Å². The first kappa shape index (κ1) is 10.1. The third-order valence-corrected chi connectivity index (χ3v) is 2.16. The van der Waals surface area contributed by atoms with Crippen molar-refractivity contribution in [3.8, 4) is 5.75 Å². The van der Waals surface area contributed by atoms with Gasteiger partial charge in [0, 0.05) is 0 Å². The SMILES string of the molecule is Cc1cccc(OCCCN)c1C. The van der Waals surface area contributed by atoms with E-state index in [0.717, 1.165) is 12.2 Å². The summed E-state index contributed by atoms with van der Waals surface area (Å²) in [6.07, 6.45) is 0.910. The summed E-state index contributed by atoms with van der Waals surface area (Å²) in [6, 6.07) is 6.10. The second kappa shape index (κ2) is 4.87. The average Bonchev–Trinajstić information content (AvgIpc) is 2.13. The molecule has 0 aliphatic rings. The highest BCUT2D eigenvalue weighted by Gasteiger charge is 2.00. The molecule has 0 aliphatic heterocycles. The molecule has 13 heavy (non-hydrogen) atoms. The predicted molar refractivity (Wildman–Crippen MR) is 55.1 cm³/mol. The van der Waals surface area contributed by atoms with Gasteiger partial charge in [-0.1, -0.05) is 12.1 Å². The van der Waals surface area contributed by atoms with Crippen LogP contribution in [-0.4, -0.2) is 13.2 Å². The van der Waals surface area contributed by atoms with Gasteiger partial charge in [-0.2, -0.15) is 0 Å². The molecule has 1 rings (SSSR count). The number of benzene rings is 1. The number of hydrogen-bond donors (Lipinski definition) is 1. The Morgan fingerprint density at radius 3 is 2.77 bits per heavy atom. The van der Waals surface area contributed by atoms with E-state index in [1.807, 2.05) is 12.1 Å². The minimum Gasteiger partial charge on any atom is -0.493 e. The van der Waals surface area contributed by atoms with Crippen molar-refractivity contribution in [2.24, 2.45) is 5.73 Å². The quantitative estimate of drug-likeness (QED) is 0.718. The zero-order chi connectivity index (χ0) is 9.68. The summed E-state index contributed by atoms with van der Waals surface area (Å²) < 4.78 is 5.58. The van der Waals surface area contributed by atoms with Crippen LogP contribution < -0.4 is 10.5 Å². The summed E-state index contributed by atoms with van der Waals surface area (Å²) in [7, 11) is 0. The molecule has 0 radical (unpaired) electrons. The lowest BCUT2D eigenvalue weighted by Crippen LogP contribution is -2.06. The minimum absolute atomic E-state index is 0.685. The summed E-state index contributed by atoms with van der Waals surface area (Å²) in [5, 5.41) is 0. The Hall–Kier alpha value is -1.02. The molecule has 2 nitrogen and oxygen atoms in total. The highest BCUT2D eigenvalue weighted by atomic mass is 16.5. The van der Waals surface area contributed by atoms with Crippen molar-refractivity contribution >= 4 is 0 Å². The Morgan fingerprint density at radius 1 is 1.31 bits per heavy atom. The van der Waals surface area contributed by atoms with E-state index in [2.05, 4.69) is 19.9 Å². The van der Waals surface area contributed by atoms with Gasteiger partial charge in [-0.05, 0) is 44.0 Å². The number of ether oxygens (including phenoxy) is 1. The van der Waals surface area contributed by atoms with Gasteiger partial charge < -0.3 is 10.5 Å². The van der Waals surface area contributed by atoms with Crippen LogP contribution in [0.5, 0.6) is 5.75 Å². The van der Waals surface area contributed by atoms with Gasteiger partial charge in [-0.15, -0.1) is 0 Å². The minimum atomic E-state index is 0.685. The predicted octanol–water partition coefficient (Wildman–Crippen LogP) is 2.03. The van der Waals surface area contributed by atoms with Gasteiger partial charge in [0.05, 0.1) is 6.61 Å². The number of aryl methyl sites for hydroxylation is 1. The van der Waals surface area contributed by atoms with Crippen LogP contribution in [-0.2, 0) is 0 Å². The molecule has 1 aromatic carbocycles. The zero-order valence-corrected chi connectivity index (χ0v) is 8.34. The van der Waals surface area contributed by atoms with E-state index in [9.17, 15) is 0 Å². The van der Waals surface area contributed by atoms with Gasteiger partial charge in [0.2, 0.25) is 0 Å². The smallest absolute Gasteiger partial charge is 0.122 e. The molecule has 0 bridgehead atoms. The molecule has 0 saturated carbocycles. The molecule has 0 aliphatic carbocycles. The maximum absolute atomic E-state index is 5.58. The molecule has 0 spiro atoms. The second-order valence-electron chi connectivity index (χ2n) is 3.19. The molecule has 0 heterocycles. The van der Waals surface area contributed by atoms with Crippen molar-refractivity contribution in [2.75, 3.05) is 13.2 Å². The topological polar surface area (TPSA) is 35.2 Å². The molecule has 0 unspecified atom stereocenters. The Morgan fingerprint density at radius 2 is 2.08 bits per heavy atom. The highest BCUT2D eigenvalue weighted by molar-refractivity contribution is 5.38. The summed E-state index contributed by atoms with van der Waals surface area (Å²) in [5.41, 5.74) is 7.87. The van der Waals surface area contributed by atoms with Gasteiger partial charge in [0.25, 0.3) is 0 Å². The maximum atomic E-state index is 5.58. The molecule has 2 heteroatoms. The monoisotopic (exact) mass is 179 g/mol. The summed E-state index contributed by atoms with van der Waals surface area (Å²) in [4.78, 5) is 0. The van der Waals surface area contributed by atoms with Gasteiger partial charge in [-0.25, -0.2) is 0 Å². The van der Waals surface area contributed by atoms with E-state index in [0.29, 0.717) is 13.2 Å². The molecular weight excluding hydrogens is 162 g/mol. The highest BCUT2D eigenvalue weighted by Crippen LogP contribution is 2.20. The lowest BCUT2D eigenvalue weighted by molar-refractivity contribution is 0.311. The molecular formula is C11H17NO. The fraction of sp³-hybridized carbons (Fsp3) is 0.455. The van der Waals surface area contributed by atoms with Gasteiger partial charge in [0.1, 0.15) is 5.75 Å². The number of hydrogen-bond acceptors (Lipinski definition) is 2. The first-order chi connectivity index (χ1) is 6.25. The third-order valence-electron chi connectivity index (χ3n) is 2.16. The third kappa shape index (κ3) is 2.74.